The molecule has 0 aliphatic heterocycles. The summed E-state index contributed by atoms with van der Waals surface area (Å²) < 4.78 is 5.96. The van der Waals surface area contributed by atoms with Gasteiger partial charge in [-0.05, 0) is 12.1 Å². The van der Waals surface area contributed by atoms with Crippen molar-refractivity contribution in [2.45, 2.75) is 12.2 Å². The maximum absolute atomic E-state index is 11.1. The lowest BCUT2D eigenvalue weighted by molar-refractivity contribution is -0.157. The third-order valence-corrected chi connectivity index (χ3v) is 2.49. The third kappa shape index (κ3) is 2.00. The Kier molecular flexibility index (Phi) is 3.08. The zero-order valence-corrected chi connectivity index (χ0v) is 9.15. The molecule has 2 unspecified atom stereocenters. The fraction of sp³-hybridized carbons (Fsp3) is 0.273. The van der Waals surface area contributed by atoms with Crippen LogP contribution in [0.2, 0.25) is 0 Å². The Labute approximate surface area is 97.1 Å². The average molecular weight is 236 g/mol. The average Bonchev–Trinajstić information content (AvgIpc) is 2.79. The minimum absolute atomic E-state index is 0.332. The van der Waals surface area contributed by atoms with Gasteiger partial charge < -0.3 is 19.4 Å². The van der Waals surface area contributed by atoms with Gasteiger partial charge in [-0.2, -0.15) is 0 Å². The fourth-order valence-electron chi connectivity index (χ4n) is 1.58. The largest absolute Gasteiger partial charge is 0.467 e. The smallest absolute Gasteiger partial charge is 0.337 e. The highest BCUT2D eigenvalue weighted by Crippen LogP contribution is 2.19. The van der Waals surface area contributed by atoms with E-state index in [9.17, 15) is 15.0 Å². The first-order valence-corrected chi connectivity index (χ1v) is 5.01. The van der Waals surface area contributed by atoms with Gasteiger partial charge in [0.15, 0.2) is 6.10 Å². The summed E-state index contributed by atoms with van der Waals surface area (Å²) in [6.45, 7) is 0. The molecule has 2 aromatic rings. The Morgan fingerprint density at radius 1 is 1.47 bits per heavy atom. The molecule has 2 rings (SSSR count). The minimum Gasteiger partial charge on any atom is -0.467 e. The Bertz CT molecular complexity index is 537. The summed E-state index contributed by atoms with van der Waals surface area (Å²) in [6.07, 6.45) is 0.0943. The molecule has 0 spiro atoms. The van der Waals surface area contributed by atoms with E-state index in [-0.39, 0.29) is 0 Å². The quantitative estimate of drug-likeness (QED) is 0.727. The van der Waals surface area contributed by atoms with Crippen molar-refractivity contribution >= 4 is 11.6 Å². The Morgan fingerprint density at radius 3 is 2.94 bits per heavy atom. The summed E-state index contributed by atoms with van der Waals surface area (Å²) in [4.78, 5) is 15.2. The van der Waals surface area contributed by atoms with Gasteiger partial charge in [0.1, 0.15) is 11.8 Å². The molecule has 0 aromatic carbocycles. The number of esters is 1. The zero-order valence-electron chi connectivity index (χ0n) is 9.15. The van der Waals surface area contributed by atoms with E-state index in [1.807, 2.05) is 0 Å². The molecule has 6 nitrogen and oxygen atoms in total. The molecule has 2 heterocycles. The molecule has 0 aliphatic carbocycles. The molecule has 2 atom stereocenters. The van der Waals surface area contributed by atoms with Gasteiger partial charge in [0.2, 0.25) is 0 Å². The van der Waals surface area contributed by atoms with Crippen molar-refractivity contribution in [2.75, 3.05) is 7.11 Å². The van der Waals surface area contributed by atoms with Crippen molar-refractivity contribution in [3.63, 3.8) is 0 Å². The molecule has 6 heteroatoms. The summed E-state index contributed by atoms with van der Waals surface area (Å²) >= 11 is 0. The van der Waals surface area contributed by atoms with Gasteiger partial charge in [0.25, 0.3) is 0 Å². The lowest BCUT2D eigenvalue weighted by Crippen LogP contribution is -2.29. The van der Waals surface area contributed by atoms with Crippen LogP contribution < -0.4 is 0 Å². The highest BCUT2D eigenvalue weighted by Gasteiger charge is 2.28. The van der Waals surface area contributed by atoms with Gasteiger partial charge in [0.05, 0.1) is 19.0 Å². The van der Waals surface area contributed by atoms with Gasteiger partial charge in [-0.1, -0.05) is 6.07 Å². The van der Waals surface area contributed by atoms with Crippen LogP contribution in [0.3, 0.4) is 0 Å². The van der Waals surface area contributed by atoms with Crippen LogP contribution in [0.25, 0.3) is 5.65 Å². The van der Waals surface area contributed by atoms with Crippen LogP contribution in [0.4, 0.5) is 0 Å². The standard InChI is InChI=1S/C11H12N2O4/c1-17-11(16)10(15)9(14)7-6-12-8-4-2-3-5-13(7)8/h2-6,9-10,14-15H,1H3. The summed E-state index contributed by atoms with van der Waals surface area (Å²) in [5.41, 5.74) is 0.956. The molecule has 0 fully saturated rings. The molecule has 2 N–H and O–H groups in total. The number of aliphatic hydroxyl groups excluding tert-OH is 2. The van der Waals surface area contributed by atoms with E-state index in [0.29, 0.717) is 11.3 Å². The van der Waals surface area contributed by atoms with E-state index in [0.717, 1.165) is 7.11 Å². The van der Waals surface area contributed by atoms with Crippen LogP contribution in [0, 0.1) is 0 Å². The number of rotatable bonds is 3. The number of carbonyl (C=O) groups excluding carboxylic acids is 1. The second-order valence-electron chi connectivity index (χ2n) is 3.52. The third-order valence-electron chi connectivity index (χ3n) is 2.49. The van der Waals surface area contributed by atoms with Crippen LogP contribution in [0.1, 0.15) is 11.8 Å². The Balaban J connectivity index is 2.36. The van der Waals surface area contributed by atoms with E-state index >= 15 is 0 Å². The van der Waals surface area contributed by atoms with E-state index in [1.54, 1.807) is 28.8 Å². The van der Waals surface area contributed by atoms with Crippen molar-refractivity contribution in [3.8, 4) is 0 Å². The van der Waals surface area contributed by atoms with Gasteiger partial charge in [-0.3, -0.25) is 0 Å². The van der Waals surface area contributed by atoms with E-state index in [1.165, 1.54) is 6.20 Å². The number of hydrogen-bond donors (Lipinski definition) is 2. The van der Waals surface area contributed by atoms with Crippen LogP contribution in [-0.4, -0.2) is 38.8 Å². The van der Waals surface area contributed by atoms with E-state index in [2.05, 4.69) is 9.72 Å². The van der Waals surface area contributed by atoms with Crippen molar-refractivity contribution in [1.29, 1.82) is 0 Å². The second-order valence-corrected chi connectivity index (χ2v) is 3.52. The number of pyridine rings is 1. The van der Waals surface area contributed by atoms with Crippen molar-refractivity contribution in [2.24, 2.45) is 0 Å². The monoisotopic (exact) mass is 236 g/mol. The Morgan fingerprint density at radius 2 is 2.24 bits per heavy atom. The van der Waals surface area contributed by atoms with Crippen LogP contribution in [-0.2, 0) is 9.53 Å². The predicted octanol–water partition coefficient (Wildman–Crippen LogP) is -0.0984. The molecule has 0 amide bonds. The maximum atomic E-state index is 11.1. The highest BCUT2D eigenvalue weighted by atomic mass is 16.5. The number of fused-ring (bicyclic) bond motifs is 1. The highest BCUT2D eigenvalue weighted by molar-refractivity contribution is 5.75. The predicted molar refractivity (Wildman–Crippen MR) is 58.2 cm³/mol. The first-order valence-electron chi connectivity index (χ1n) is 5.01. The lowest BCUT2D eigenvalue weighted by Gasteiger charge is -2.15. The molecule has 17 heavy (non-hydrogen) atoms. The lowest BCUT2D eigenvalue weighted by atomic mass is 10.1. The number of hydrogen-bond acceptors (Lipinski definition) is 5. The van der Waals surface area contributed by atoms with Crippen molar-refractivity contribution in [1.82, 2.24) is 9.38 Å². The Hall–Kier alpha value is -1.92. The van der Waals surface area contributed by atoms with E-state index < -0.39 is 18.2 Å². The molecule has 0 saturated heterocycles. The summed E-state index contributed by atoms with van der Waals surface area (Å²) in [5.74, 6) is -0.886. The summed E-state index contributed by atoms with van der Waals surface area (Å²) in [5, 5.41) is 19.4. The number of imidazole rings is 1. The van der Waals surface area contributed by atoms with Crippen LogP contribution >= 0.6 is 0 Å². The molecule has 90 valence electrons. The normalized spacial score (nSPS) is 14.5. The number of ether oxygens (including phenoxy) is 1. The van der Waals surface area contributed by atoms with Crippen molar-refractivity contribution < 1.29 is 19.7 Å². The van der Waals surface area contributed by atoms with Gasteiger partial charge in [-0.15, -0.1) is 0 Å². The van der Waals surface area contributed by atoms with E-state index in [4.69, 9.17) is 0 Å². The van der Waals surface area contributed by atoms with Crippen LogP contribution in [0.5, 0.6) is 0 Å². The number of aliphatic hydroxyl groups is 2. The molecule has 0 bridgehead atoms. The fourth-order valence-corrected chi connectivity index (χ4v) is 1.58. The maximum Gasteiger partial charge on any atom is 0.337 e. The van der Waals surface area contributed by atoms with Gasteiger partial charge in [0, 0.05) is 6.20 Å². The van der Waals surface area contributed by atoms with Crippen molar-refractivity contribution in [3.05, 3.63) is 36.3 Å². The SMILES string of the molecule is COC(=O)C(O)C(O)c1cnc2ccccn12. The zero-order chi connectivity index (χ0) is 12.4. The first-order chi connectivity index (χ1) is 8.15. The molecule has 0 radical (unpaired) electrons. The number of carbonyl (C=O) groups is 1. The van der Waals surface area contributed by atoms with Crippen LogP contribution in [0.15, 0.2) is 30.6 Å². The number of methoxy groups -OCH3 is 1. The second kappa shape index (κ2) is 4.52. The number of nitrogens with zero attached hydrogens (tertiary/aromatic N) is 2. The first kappa shape index (κ1) is 11.6. The summed E-state index contributed by atoms with van der Waals surface area (Å²) in [7, 11) is 1.15. The molecule has 0 saturated carbocycles. The van der Waals surface area contributed by atoms with Gasteiger partial charge in [-0.25, -0.2) is 9.78 Å². The topological polar surface area (TPSA) is 84.1 Å². The molecule has 0 aliphatic rings. The minimum atomic E-state index is -1.62. The molecular formula is C11H12N2O4. The number of aromatic nitrogens is 2. The van der Waals surface area contributed by atoms with Gasteiger partial charge >= 0.3 is 5.97 Å². The molecule has 2 aromatic heterocycles. The summed E-state index contributed by atoms with van der Waals surface area (Å²) in [6, 6.07) is 5.31. The molecular weight excluding hydrogens is 224 g/mol.